The van der Waals surface area contributed by atoms with Gasteiger partial charge in [-0.1, -0.05) is 12.1 Å². The number of nitrogens with zero attached hydrogens (tertiary/aromatic N) is 2. The number of Topliss-reactive ketones (excluding diaryl/α,β-unsaturated/α-hetero) is 1. The van der Waals surface area contributed by atoms with E-state index in [2.05, 4.69) is 4.90 Å². The number of ketones is 1. The van der Waals surface area contributed by atoms with Gasteiger partial charge in [-0.3, -0.25) is 9.59 Å². The Labute approximate surface area is 159 Å². The van der Waals surface area contributed by atoms with E-state index in [1.807, 2.05) is 29.2 Å². The lowest BCUT2D eigenvalue weighted by atomic mass is 10.2. The maximum atomic E-state index is 12.4. The topological polar surface area (TPSA) is 75.9 Å². The van der Waals surface area contributed by atoms with Gasteiger partial charge in [0.05, 0.1) is 18.6 Å². The summed E-state index contributed by atoms with van der Waals surface area (Å²) in [5.74, 6) is 1.76. The summed E-state index contributed by atoms with van der Waals surface area (Å²) in [6.45, 7) is 6.14. The number of hydrogen-bond acceptors (Lipinski definition) is 6. The molecule has 0 aromatic heterocycles. The van der Waals surface area contributed by atoms with Crippen molar-refractivity contribution in [3.63, 3.8) is 0 Å². The molecule has 1 fully saturated rings. The van der Waals surface area contributed by atoms with Crippen LogP contribution in [0.15, 0.2) is 35.5 Å². The molecule has 1 amide bonds. The lowest BCUT2D eigenvalue weighted by Crippen LogP contribution is -2.49. The molecule has 7 heteroatoms. The highest BCUT2D eigenvalue weighted by atomic mass is 32.2. The number of benzene rings is 1. The van der Waals surface area contributed by atoms with Gasteiger partial charge in [0.2, 0.25) is 5.91 Å². The number of carbonyl (C=O) groups excluding carboxylic acids is 2. The Kier molecular flexibility index (Phi) is 7.38. The third kappa shape index (κ3) is 5.17. The lowest BCUT2D eigenvalue weighted by Gasteiger charge is -2.36. The number of anilines is 1. The van der Waals surface area contributed by atoms with E-state index in [-0.39, 0.29) is 11.7 Å². The predicted octanol–water partition coefficient (Wildman–Crippen LogP) is 1.90. The molecule has 1 aromatic rings. The van der Waals surface area contributed by atoms with Crippen molar-refractivity contribution in [2.24, 2.45) is 5.73 Å². The standard InChI is InChI=1S/C19H27N3O3S/c1-14(20)16(15(2)23)12-26-13-19(24)22-10-8-21(9-11-22)17-6-4-5-7-18(17)25-3/h4-7H,8-13,20H2,1-3H3. The first-order chi connectivity index (χ1) is 12.4. The molecule has 0 spiro atoms. The molecular weight excluding hydrogens is 350 g/mol. The van der Waals surface area contributed by atoms with Crippen LogP contribution in [0.5, 0.6) is 5.75 Å². The number of carbonyl (C=O) groups is 2. The van der Waals surface area contributed by atoms with Crippen molar-refractivity contribution in [1.82, 2.24) is 4.90 Å². The number of allylic oxidation sites excluding steroid dienone is 1. The summed E-state index contributed by atoms with van der Waals surface area (Å²) in [5.41, 5.74) is 7.92. The zero-order valence-electron chi connectivity index (χ0n) is 15.7. The Morgan fingerprint density at radius 3 is 2.35 bits per heavy atom. The normalized spacial score (nSPS) is 15.5. The summed E-state index contributed by atoms with van der Waals surface area (Å²) in [7, 11) is 1.67. The molecule has 142 valence electrons. The first kappa shape index (κ1) is 20.2. The molecule has 0 radical (unpaired) electrons. The fourth-order valence-electron chi connectivity index (χ4n) is 2.91. The van der Waals surface area contributed by atoms with Gasteiger partial charge in [0.25, 0.3) is 0 Å². The van der Waals surface area contributed by atoms with Crippen molar-refractivity contribution in [2.75, 3.05) is 49.7 Å². The van der Waals surface area contributed by atoms with Crippen molar-refractivity contribution in [2.45, 2.75) is 13.8 Å². The molecule has 0 saturated carbocycles. The average Bonchev–Trinajstić information content (AvgIpc) is 2.64. The number of nitrogens with two attached hydrogens (primary N) is 1. The molecule has 6 nitrogen and oxygen atoms in total. The van der Waals surface area contributed by atoms with Crippen molar-refractivity contribution in [3.8, 4) is 5.75 Å². The molecule has 1 aliphatic rings. The second kappa shape index (κ2) is 9.52. The van der Waals surface area contributed by atoms with Gasteiger partial charge in [-0.2, -0.15) is 0 Å². The SMILES string of the molecule is COc1ccccc1N1CCN(C(=O)CSCC(C(C)=O)=C(C)N)CC1. The zero-order chi connectivity index (χ0) is 19.1. The number of ether oxygens (including phenoxy) is 1. The van der Waals surface area contributed by atoms with Crippen LogP contribution in [-0.4, -0.2) is 61.4 Å². The van der Waals surface area contributed by atoms with E-state index in [9.17, 15) is 9.59 Å². The van der Waals surface area contributed by atoms with Crippen molar-refractivity contribution >= 4 is 29.1 Å². The number of thioether (sulfide) groups is 1. The van der Waals surface area contributed by atoms with Crippen LogP contribution in [-0.2, 0) is 9.59 Å². The zero-order valence-corrected chi connectivity index (χ0v) is 16.5. The average molecular weight is 378 g/mol. The summed E-state index contributed by atoms with van der Waals surface area (Å²) in [4.78, 5) is 28.1. The van der Waals surface area contributed by atoms with Crippen molar-refractivity contribution in [1.29, 1.82) is 0 Å². The number of para-hydroxylation sites is 2. The minimum Gasteiger partial charge on any atom is -0.495 e. The second-order valence-corrected chi connectivity index (χ2v) is 7.24. The summed E-state index contributed by atoms with van der Waals surface area (Å²) in [5, 5.41) is 0. The first-order valence-corrected chi connectivity index (χ1v) is 9.79. The molecule has 0 atom stereocenters. The van der Waals surface area contributed by atoms with Crippen LogP contribution in [0, 0.1) is 0 Å². The van der Waals surface area contributed by atoms with E-state index in [1.165, 1.54) is 18.7 Å². The lowest BCUT2D eigenvalue weighted by molar-refractivity contribution is -0.128. The summed E-state index contributed by atoms with van der Waals surface area (Å²) in [6, 6.07) is 7.93. The van der Waals surface area contributed by atoms with Gasteiger partial charge in [-0.15, -0.1) is 11.8 Å². The molecule has 1 aliphatic heterocycles. The third-order valence-electron chi connectivity index (χ3n) is 4.43. The van der Waals surface area contributed by atoms with Gasteiger partial charge in [0, 0.05) is 43.2 Å². The van der Waals surface area contributed by atoms with E-state index < -0.39 is 0 Å². The Balaban J connectivity index is 1.83. The van der Waals surface area contributed by atoms with E-state index in [0.717, 1.165) is 24.5 Å². The Morgan fingerprint density at radius 1 is 1.12 bits per heavy atom. The van der Waals surface area contributed by atoms with Gasteiger partial charge >= 0.3 is 0 Å². The number of piperazine rings is 1. The van der Waals surface area contributed by atoms with Gasteiger partial charge in [-0.25, -0.2) is 0 Å². The molecule has 26 heavy (non-hydrogen) atoms. The molecular formula is C19H27N3O3S. The summed E-state index contributed by atoms with van der Waals surface area (Å²) < 4.78 is 5.42. The van der Waals surface area contributed by atoms with Gasteiger partial charge in [0.15, 0.2) is 5.78 Å². The quantitative estimate of drug-likeness (QED) is 0.732. The first-order valence-electron chi connectivity index (χ1n) is 8.63. The minimum atomic E-state index is -0.0321. The van der Waals surface area contributed by atoms with Crippen LogP contribution in [0.4, 0.5) is 5.69 Å². The molecule has 0 aliphatic carbocycles. The van der Waals surface area contributed by atoms with Crippen LogP contribution in [0.1, 0.15) is 13.8 Å². The molecule has 1 aromatic carbocycles. The third-order valence-corrected chi connectivity index (χ3v) is 5.38. The minimum absolute atomic E-state index is 0.0321. The highest BCUT2D eigenvalue weighted by molar-refractivity contribution is 8.00. The smallest absolute Gasteiger partial charge is 0.232 e. The molecule has 2 rings (SSSR count). The van der Waals surface area contributed by atoms with Gasteiger partial charge in [0.1, 0.15) is 5.75 Å². The second-order valence-electron chi connectivity index (χ2n) is 6.25. The molecule has 1 saturated heterocycles. The molecule has 1 heterocycles. The van der Waals surface area contributed by atoms with Gasteiger partial charge in [-0.05, 0) is 26.0 Å². The summed E-state index contributed by atoms with van der Waals surface area (Å²) >= 11 is 1.44. The van der Waals surface area contributed by atoms with Crippen LogP contribution >= 0.6 is 11.8 Å². The summed E-state index contributed by atoms with van der Waals surface area (Å²) in [6.07, 6.45) is 0. The Hall–Kier alpha value is -2.15. The monoisotopic (exact) mass is 377 g/mol. The molecule has 2 N–H and O–H groups in total. The maximum absolute atomic E-state index is 12.4. The number of amides is 1. The highest BCUT2D eigenvalue weighted by Crippen LogP contribution is 2.28. The van der Waals surface area contributed by atoms with E-state index in [0.29, 0.717) is 35.9 Å². The van der Waals surface area contributed by atoms with Crippen molar-refractivity contribution < 1.29 is 14.3 Å². The Morgan fingerprint density at radius 2 is 1.77 bits per heavy atom. The molecule has 0 unspecified atom stereocenters. The fraction of sp³-hybridized carbons (Fsp3) is 0.474. The molecule has 0 bridgehead atoms. The van der Waals surface area contributed by atoms with Crippen molar-refractivity contribution in [3.05, 3.63) is 35.5 Å². The number of rotatable bonds is 7. The van der Waals surface area contributed by atoms with E-state index >= 15 is 0 Å². The fourth-order valence-corrected chi connectivity index (χ4v) is 4.01. The number of methoxy groups -OCH3 is 1. The van der Waals surface area contributed by atoms with E-state index in [4.69, 9.17) is 10.5 Å². The Bertz CT molecular complexity index is 678. The maximum Gasteiger partial charge on any atom is 0.232 e. The van der Waals surface area contributed by atoms with Gasteiger partial charge < -0.3 is 20.3 Å². The number of hydrogen-bond donors (Lipinski definition) is 1. The largest absolute Gasteiger partial charge is 0.495 e. The van der Waals surface area contributed by atoms with Crippen LogP contribution in [0.2, 0.25) is 0 Å². The van der Waals surface area contributed by atoms with Crippen LogP contribution in [0.3, 0.4) is 0 Å². The van der Waals surface area contributed by atoms with Crippen LogP contribution in [0.25, 0.3) is 0 Å². The predicted molar refractivity (Wildman–Crippen MR) is 107 cm³/mol. The van der Waals surface area contributed by atoms with E-state index in [1.54, 1.807) is 14.0 Å². The van der Waals surface area contributed by atoms with Crippen LogP contribution < -0.4 is 15.4 Å². The highest BCUT2D eigenvalue weighted by Gasteiger charge is 2.22.